The molecule has 0 aromatic carbocycles. The first-order chi connectivity index (χ1) is 8.25. The summed E-state index contributed by atoms with van der Waals surface area (Å²) in [6.07, 6.45) is 9.07. The number of carbonyl (C=O) groups is 1. The monoisotopic (exact) mass is 236 g/mol. The van der Waals surface area contributed by atoms with Gasteiger partial charge < -0.3 is 10.6 Å². The van der Waals surface area contributed by atoms with Crippen molar-refractivity contribution in [1.29, 1.82) is 0 Å². The minimum absolute atomic E-state index is 0.228. The van der Waals surface area contributed by atoms with Crippen LogP contribution in [-0.2, 0) is 4.79 Å². The van der Waals surface area contributed by atoms with E-state index < -0.39 is 0 Å². The van der Waals surface area contributed by atoms with E-state index in [2.05, 4.69) is 0 Å². The van der Waals surface area contributed by atoms with Gasteiger partial charge in [-0.25, -0.2) is 0 Å². The number of likely N-dealkylation sites (tertiary alicyclic amines) is 1. The third-order valence-corrected chi connectivity index (χ3v) is 4.95. The summed E-state index contributed by atoms with van der Waals surface area (Å²) in [5, 5.41) is 0. The third kappa shape index (κ3) is 2.35. The van der Waals surface area contributed by atoms with Crippen molar-refractivity contribution in [3.05, 3.63) is 0 Å². The Morgan fingerprint density at radius 3 is 2.53 bits per heavy atom. The lowest BCUT2D eigenvalue weighted by Gasteiger charge is -2.22. The maximum atomic E-state index is 12.3. The zero-order chi connectivity index (χ0) is 11.8. The van der Waals surface area contributed by atoms with Crippen LogP contribution in [-0.4, -0.2) is 29.9 Å². The standard InChI is InChI=1S/C14H24N2O/c15-11-6-7-16(9-11)14(17)13-8-12(13)10-4-2-1-3-5-10/h10-13H,1-9,15H2/t11-,12?,13?/m1/s1. The fourth-order valence-corrected chi connectivity index (χ4v) is 3.80. The topological polar surface area (TPSA) is 46.3 Å². The van der Waals surface area contributed by atoms with Gasteiger partial charge in [-0.1, -0.05) is 32.1 Å². The zero-order valence-corrected chi connectivity index (χ0v) is 10.6. The number of hydrogen-bond acceptors (Lipinski definition) is 2. The molecule has 2 aliphatic carbocycles. The Balaban J connectivity index is 1.51. The number of hydrogen-bond donors (Lipinski definition) is 1. The first-order valence-corrected chi connectivity index (χ1v) is 7.30. The third-order valence-electron chi connectivity index (χ3n) is 4.95. The van der Waals surface area contributed by atoms with Gasteiger partial charge in [0.05, 0.1) is 0 Å². The summed E-state index contributed by atoms with van der Waals surface area (Å²) in [7, 11) is 0. The largest absolute Gasteiger partial charge is 0.341 e. The lowest BCUT2D eigenvalue weighted by Crippen LogP contribution is -2.33. The lowest BCUT2D eigenvalue weighted by atomic mass is 9.85. The molecule has 2 unspecified atom stereocenters. The summed E-state index contributed by atoms with van der Waals surface area (Å²) in [6.45, 7) is 1.70. The van der Waals surface area contributed by atoms with Gasteiger partial charge in [-0.3, -0.25) is 4.79 Å². The van der Waals surface area contributed by atoms with E-state index in [1.165, 1.54) is 32.1 Å². The molecule has 1 heterocycles. The second-order valence-corrected chi connectivity index (χ2v) is 6.24. The summed E-state index contributed by atoms with van der Waals surface area (Å²) in [4.78, 5) is 14.3. The quantitative estimate of drug-likeness (QED) is 0.794. The van der Waals surface area contributed by atoms with Gasteiger partial charge in [-0.15, -0.1) is 0 Å². The fraction of sp³-hybridized carbons (Fsp3) is 0.929. The Labute approximate surface area is 104 Å². The lowest BCUT2D eigenvalue weighted by molar-refractivity contribution is -0.132. The molecule has 3 rings (SSSR count). The Kier molecular flexibility index (Phi) is 3.12. The molecule has 1 saturated heterocycles. The predicted octanol–water partition coefficient (Wildman–Crippen LogP) is 1.76. The van der Waals surface area contributed by atoms with Crippen LogP contribution >= 0.6 is 0 Å². The average Bonchev–Trinajstić information content (AvgIpc) is 3.05. The van der Waals surface area contributed by atoms with E-state index in [0.29, 0.717) is 11.8 Å². The molecule has 3 fully saturated rings. The van der Waals surface area contributed by atoms with Crippen LogP contribution in [0.2, 0.25) is 0 Å². The molecule has 0 radical (unpaired) electrons. The van der Waals surface area contributed by atoms with Gasteiger partial charge in [0.25, 0.3) is 0 Å². The number of nitrogens with two attached hydrogens (primary N) is 1. The van der Waals surface area contributed by atoms with Crippen molar-refractivity contribution in [2.75, 3.05) is 13.1 Å². The van der Waals surface area contributed by atoms with Gasteiger partial charge in [0.2, 0.25) is 5.91 Å². The normalized spacial score (nSPS) is 38.4. The van der Waals surface area contributed by atoms with Gasteiger partial charge >= 0.3 is 0 Å². The van der Waals surface area contributed by atoms with Crippen LogP contribution < -0.4 is 5.73 Å². The zero-order valence-electron chi connectivity index (χ0n) is 10.6. The predicted molar refractivity (Wildman–Crippen MR) is 67.3 cm³/mol. The van der Waals surface area contributed by atoms with Crippen molar-refractivity contribution in [3.8, 4) is 0 Å². The first kappa shape index (κ1) is 11.5. The van der Waals surface area contributed by atoms with Crippen molar-refractivity contribution >= 4 is 5.91 Å². The SMILES string of the molecule is N[C@@H]1CCN(C(=O)C2CC2C2CCCCC2)C1. The van der Waals surface area contributed by atoms with Crippen molar-refractivity contribution in [2.45, 2.75) is 51.0 Å². The molecule has 0 bridgehead atoms. The number of nitrogens with zero attached hydrogens (tertiary/aromatic N) is 1. The summed E-state index contributed by atoms with van der Waals surface area (Å²) < 4.78 is 0. The fourth-order valence-electron chi connectivity index (χ4n) is 3.80. The molecule has 3 atom stereocenters. The summed E-state index contributed by atoms with van der Waals surface area (Å²) in [6, 6.07) is 0.228. The summed E-state index contributed by atoms with van der Waals surface area (Å²) >= 11 is 0. The molecular weight excluding hydrogens is 212 g/mol. The van der Waals surface area contributed by atoms with Crippen molar-refractivity contribution in [1.82, 2.24) is 4.90 Å². The van der Waals surface area contributed by atoms with E-state index in [9.17, 15) is 4.79 Å². The van der Waals surface area contributed by atoms with Crippen molar-refractivity contribution < 1.29 is 4.79 Å². The van der Waals surface area contributed by atoms with E-state index in [1.807, 2.05) is 4.90 Å². The molecule has 3 nitrogen and oxygen atoms in total. The molecule has 0 spiro atoms. The van der Waals surface area contributed by atoms with Crippen molar-refractivity contribution in [2.24, 2.45) is 23.5 Å². The highest BCUT2D eigenvalue weighted by atomic mass is 16.2. The van der Waals surface area contributed by atoms with Crippen LogP contribution in [0.1, 0.15) is 44.9 Å². The van der Waals surface area contributed by atoms with Crippen LogP contribution in [0.3, 0.4) is 0 Å². The smallest absolute Gasteiger partial charge is 0.226 e. The van der Waals surface area contributed by atoms with E-state index in [-0.39, 0.29) is 6.04 Å². The molecule has 1 amide bonds. The Morgan fingerprint density at radius 2 is 1.88 bits per heavy atom. The molecular formula is C14H24N2O. The van der Waals surface area contributed by atoms with Crippen molar-refractivity contribution in [3.63, 3.8) is 0 Å². The second kappa shape index (κ2) is 4.60. The highest BCUT2D eigenvalue weighted by molar-refractivity contribution is 5.82. The van der Waals surface area contributed by atoms with E-state index >= 15 is 0 Å². The number of amides is 1. The molecule has 2 saturated carbocycles. The first-order valence-electron chi connectivity index (χ1n) is 7.30. The van der Waals surface area contributed by atoms with Gasteiger partial charge in [0.15, 0.2) is 0 Å². The molecule has 3 heteroatoms. The molecule has 1 aliphatic heterocycles. The van der Waals surface area contributed by atoms with E-state index in [4.69, 9.17) is 5.73 Å². The highest BCUT2D eigenvalue weighted by Gasteiger charge is 2.49. The van der Waals surface area contributed by atoms with Gasteiger partial charge in [0.1, 0.15) is 0 Å². The second-order valence-electron chi connectivity index (χ2n) is 6.24. The molecule has 96 valence electrons. The van der Waals surface area contributed by atoms with Crippen LogP contribution in [0.15, 0.2) is 0 Å². The molecule has 2 N–H and O–H groups in total. The minimum Gasteiger partial charge on any atom is -0.341 e. The highest BCUT2D eigenvalue weighted by Crippen LogP contribution is 2.50. The molecule has 0 aromatic rings. The maximum Gasteiger partial charge on any atom is 0.226 e. The van der Waals surface area contributed by atoms with Gasteiger partial charge in [0, 0.05) is 25.0 Å². The van der Waals surface area contributed by atoms with E-state index in [0.717, 1.165) is 37.8 Å². The van der Waals surface area contributed by atoms with Gasteiger partial charge in [-0.2, -0.15) is 0 Å². The van der Waals surface area contributed by atoms with Crippen LogP contribution in [0, 0.1) is 17.8 Å². The van der Waals surface area contributed by atoms with E-state index in [1.54, 1.807) is 0 Å². The summed E-state index contributed by atoms with van der Waals surface area (Å²) in [5.74, 6) is 2.35. The molecule has 3 aliphatic rings. The minimum atomic E-state index is 0.228. The molecule has 17 heavy (non-hydrogen) atoms. The van der Waals surface area contributed by atoms with Crippen LogP contribution in [0.25, 0.3) is 0 Å². The Hall–Kier alpha value is -0.570. The maximum absolute atomic E-state index is 12.3. The van der Waals surface area contributed by atoms with Gasteiger partial charge in [-0.05, 0) is 24.7 Å². The summed E-state index contributed by atoms with van der Waals surface area (Å²) in [5.41, 5.74) is 5.87. The number of rotatable bonds is 2. The number of carbonyl (C=O) groups excluding carboxylic acids is 1. The Morgan fingerprint density at radius 1 is 1.12 bits per heavy atom. The Bertz CT molecular complexity index is 299. The van der Waals surface area contributed by atoms with Crippen LogP contribution in [0.5, 0.6) is 0 Å². The molecule has 0 aromatic heterocycles. The van der Waals surface area contributed by atoms with Crippen LogP contribution in [0.4, 0.5) is 0 Å². The average molecular weight is 236 g/mol.